The fraction of sp³-hybridized carbons (Fsp3) is 0.476. The van der Waals surface area contributed by atoms with Gasteiger partial charge in [-0.05, 0) is 30.0 Å². The monoisotopic (exact) mass is 445 g/mol. The lowest BCUT2D eigenvalue weighted by atomic mass is 9.91. The van der Waals surface area contributed by atoms with Crippen LogP contribution in [0.15, 0.2) is 36.7 Å². The van der Waals surface area contributed by atoms with E-state index in [1.165, 1.54) is 16.5 Å². The lowest BCUT2D eigenvalue weighted by Gasteiger charge is -2.34. The van der Waals surface area contributed by atoms with Gasteiger partial charge < -0.3 is 25.0 Å². The Hall–Kier alpha value is -2.30. The maximum Gasteiger partial charge on any atom is 0.226 e. The summed E-state index contributed by atoms with van der Waals surface area (Å²) < 4.78 is 7.18. The van der Waals surface area contributed by atoms with E-state index in [2.05, 4.69) is 44.1 Å². The minimum atomic E-state index is -1.23. The van der Waals surface area contributed by atoms with Gasteiger partial charge >= 0.3 is 0 Å². The highest BCUT2D eigenvalue weighted by atomic mass is 35.5. The van der Waals surface area contributed by atoms with Gasteiger partial charge in [0.25, 0.3) is 0 Å². The Balaban J connectivity index is 1.49. The van der Waals surface area contributed by atoms with Gasteiger partial charge in [0.15, 0.2) is 23.2 Å². The zero-order valence-electron chi connectivity index (χ0n) is 16.8. The molecule has 2 fully saturated rings. The van der Waals surface area contributed by atoms with Crippen molar-refractivity contribution in [3.63, 3.8) is 0 Å². The molecule has 9 nitrogen and oxygen atoms in total. The molecular weight excluding hydrogens is 422 g/mol. The van der Waals surface area contributed by atoms with Crippen LogP contribution in [0.2, 0.25) is 5.28 Å². The predicted molar refractivity (Wildman–Crippen MR) is 114 cm³/mol. The highest BCUT2D eigenvalue weighted by Crippen LogP contribution is 2.35. The molecule has 3 aromatic rings. The molecule has 0 spiro atoms. The SMILES string of the molecule is OCC1O[C@@H](n2cnc3c(N4CCCC(c5ccccc5)C4)nc(Cl)nc32)C(O)C1O. The molecule has 0 saturated carbocycles. The van der Waals surface area contributed by atoms with Crippen molar-refractivity contribution < 1.29 is 20.1 Å². The summed E-state index contributed by atoms with van der Waals surface area (Å²) in [4.78, 5) is 15.4. The summed E-state index contributed by atoms with van der Waals surface area (Å²) in [5.74, 6) is 1.02. The zero-order chi connectivity index (χ0) is 21.5. The largest absolute Gasteiger partial charge is 0.394 e. The molecule has 0 aliphatic carbocycles. The number of aliphatic hydroxyl groups excluding tert-OH is 3. The molecule has 2 saturated heterocycles. The third-order valence-electron chi connectivity index (χ3n) is 6.16. The highest BCUT2D eigenvalue weighted by molar-refractivity contribution is 6.28. The first-order valence-corrected chi connectivity index (χ1v) is 10.8. The molecule has 0 amide bonds. The average molecular weight is 446 g/mol. The van der Waals surface area contributed by atoms with E-state index in [-0.39, 0.29) is 5.28 Å². The molecular formula is C21H24ClN5O4. The molecule has 0 radical (unpaired) electrons. The fourth-order valence-corrected chi connectivity index (χ4v) is 4.72. The maximum atomic E-state index is 10.4. The van der Waals surface area contributed by atoms with E-state index in [9.17, 15) is 15.3 Å². The maximum absolute atomic E-state index is 10.4. The first-order valence-electron chi connectivity index (χ1n) is 10.4. The Morgan fingerprint density at radius 1 is 1.13 bits per heavy atom. The standard InChI is InChI=1S/C21H24ClN5O4/c22-21-24-18(26-8-4-7-13(9-26)12-5-2-1-3-6-12)15-19(25-21)27(11-23-15)20-17(30)16(29)14(10-28)31-20/h1-3,5-6,11,13-14,16-17,20,28-30H,4,7-10H2/t13?,14?,16?,17?,20-/m1/s1. The van der Waals surface area contributed by atoms with Gasteiger partial charge in [-0.2, -0.15) is 9.97 Å². The quantitative estimate of drug-likeness (QED) is 0.517. The molecule has 2 aromatic heterocycles. The number of anilines is 1. The van der Waals surface area contributed by atoms with Gasteiger partial charge in [-0.15, -0.1) is 0 Å². The molecule has 2 aliphatic rings. The first kappa shape index (κ1) is 20.6. The Kier molecular flexibility index (Phi) is 5.53. The minimum absolute atomic E-state index is 0.0674. The summed E-state index contributed by atoms with van der Waals surface area (Å²) in [7, 11) is 0. The topological polar surface area (TPSA) is 117 Å². The van der Waals surface area contributed by atoms with Crippen molar-refractivity contribution in [3.05, 3.63) is 47.5 Å². The second-order valence-corrected chi connectivity index (χ2v) is 8.40. The van der Waals surface area contributed by atoms with Crippen molar-refractivity contribution in [2.45, 2.75) is 43.3 Å². The number of aromatic nitrogens is 4. The van der Waals surface area contributed by atoms with Crippen LogP contribution in [-0.2, 0) is 4.74 Å². The van der Waals surface area contributed by atoms with Crippen molar-refractivity contribution in [3.8, 4) is 0 Å². The lowest BCUT2D eigenvalue weighted by Crippen LogP contribution is -2.35. The van der Waals surface area contributed by atoms with E-state index >= 15 is 0 Å². The predicted octanol–water partition coefficient (Wildman–Crippen LogP) is 1.48. The summed E-state index contributed by atoms with van der Waals surface area (Å²) in [5.41, 5.74) is 2.25. The normalized spacial score (nSPS) is 29.0. The molecule has 2 aliphatic heterocycles. The van der Waals surface area contributed by atoms with Gasteiger partial charge in [-0.3, -0.25) is 4.57 Å². The van der Waals surface area contributed by atoms with Crippen LogP contribution in [0.4, 0.5) is 5.82 Å². The van der Waals surface area contributed by atoms with Crippen LogP contribution < -0.4 is 4.90 Å². The smallest absolute Gasteiger partial charge is 0.226 e. The fourth-order valence-electron chi connectivity index (χ4n) is 4.56. The minimum Gasteiger partial charge on any atom is -0.394 e. The van der Waals surface area contributed by atoms with Crippen molar-refractivity contribution in [2.24, 2.45) is 0 Å². The summed E-state index contributed by atoms with van der Waals surface area (Å²) >= 11 is 6.27. The Morgan fingerprint density at radius 2 is 1.94 bits per heavy atom. The molecule has 31 heavy (non-hydrogen) atoms. The van der Waals surface area contributed by atoms with Crippen molar-refractivity contribution >= 4 is 28.6 Å². The number of piperidine rings is 1. The highest BCUT2D eigenvalue weighted by Gasteiger charge is 2.44. The van der Waals surface area contributed by atoms with Crippen LogP contribution in [0.25, 0.3) is 11.2 Å². The zero-order valence-corrected chi connectivity index (χ0v) is 17.5. The van der Waals surface area contributed by atoms with Gasteiger partial charge in [0.1, 0.15) is 18.3 Å². The van der Waals surface area contributed by atoms with E-state index in [0.717, 1.165) is 25.9 Å². The number of ether oxygens (including phenoxy) is 1. The molecule has 10 heteroatoms. The third kappa shape index (κ3) is 3.66. The summed E-state index contributed by atoms with van der Waals surface area (Å²) in [6.07, 6.45) is -0.657. The van der Waals surface area contributed by atoms with Crippen molar-refractivity contribution in [2.75, 3.05) is 24.6 Å². The molecule has 4 unspecified atom stereocenters. The van der Waals surface area contributed by atoms with E-state index < -0.39 is 31.1 Å². The molecule has 1 aromatic carbocycles. The number of imidazole rings is 1. The first-order chi connectivity index (χ1) is 15.1. The number of fused-ring (bicyclic) bond motifs is 1. The number of rotatable bonds is 4. The summed E-state index contributed by atoms with van der Waals surface area (Å²) in [6, 6.07) is 10.4. The number of aliphatic hydroxyl groups is 3. The molecule has 4 heterocycles. The van der Waals surface area contributed by atoms with Gasteiger partial charge in [0.05, 0.1) is 12.9 Å². The van der Waals surface area contributed by atoms with Gasteiger partial charge in [-0.25, -0.2) is 4.98 Å². The van der Waals surface area contributed by atoms with Crippen LogP contribution in [0.1, 0.15) is 30.6 Å². The second-order valence-electron chi connectivity index (χ2n) is 8.07. The van der Waals surface area contributed by atoms with Crippen LogP contribution in [0.5, 0.6) is 0 Å². The summed E-state index contributed by atoms with van der Waals surface area (Å²) in [5, 5.41) is 30.0. The lowest BCUT2D eigenvalue weighted by molar-refractivity contribution is -0.0511. The third-order valence-corrected chi connectivity index (χ3v) is 6.33. The van der Waals surface area contributed by atoms with Gasteiger partial charge in [0, 0.05) is 19.0 Å². The number of halogens is 1. The van der Waals surface area contributed by atoms with E-state index in [4.69, 9.17) is 16.3 Å². The van der Waals surface area contributed by atoms with Crippen LogP contribution in [0, 0.1) is 0 Å². The van der Waals surface area contributed by atoms with E-state index in [1.54, 1.807) is 0 Å². The molecule has 5 atom stereocenters. The molecule has 0 bridgehead atoms. The van der Waals surface area contributed by atoms with Crippen LogP contribution >= 0.6 is 11.6 Å². The van der Waals surface area contributed by atoms with Crippen LogP contribution in [0.3, 0.4) is 0 Å². The Labute approximate surface area is 183 Å². The number of nitrogens with zero attached hydrogens (tertiary/aromatic N) is 5. The summed E-state index contributed by atoms with van der Waals surface area (Å²) in [6.45, 7) is 1.21. The van der Waals surface area contributed by atoms with E-state index in [0.29, 0.717) is 22.9 Å². The van der Waals surface area contributed by atoms with E-state index in [1.807, 2.05) is 6.07 Å². The molecule has 5 rings (SSSR count). The Morgan fingerprint density at radius 3 is 2.68 bits per heavy atom. The Bertz CT molecular complexity index is 1060. The average Bonchev–Trinajstić information content (AvgIpc) is 3.34. The van der Waals surface area contributed by atoms with Gasteiger partial charge in [0.2, 0.25) is 5.28 Å². The number of benzene rings is 1. The molecule has 164 valence electrons. The number of hydrogen-bond donors (Lipinski definition) is 3. The second kappa shape index (κ2) is 8.33. The number of hydrogen-bond acceptors (Lipinski definition) is 8. The molecule has 3 N–H and O–H groups in total. The van der Waals surface area contributed by atoms with Crippen LogP contribution in [-0.4, -0.2) is 72.8 Å². The van der Waals surface area contributed by atoms with Gasteiger partial charge in [-0.1, -0.05) is 30.3 Å². The van der Waals surface area contributed by atoms with Crippen molar-refractivity contribution in [1.82, 2.24) is 19.5 Å². The van der Waals surface area contributed by atoms with Crippen molar-refractivity contribution in [1.29, 1.82) is 0 Å².